The third-order valence-electron chi connectivity index (χ3n) is 2.28. The highest BCUT2D eigenvalue weighted by molar-refractivity contribution is 6.01. The highest BCUT2D eigenvalue weighted by Gasteiger charge is 2.07. The second-order valence-electron chi connectivity index (χ2n) is 3.51. The van der Waals surface area contributed by atoms with Gasteiger partial charge < -0.3 is 10.9 Å². The molecule has 2 aromatic carbocycles. The van der Waals surface area contributed by atoms with E-state index in [1.165, 1.54) is 0 Å². The van der Waals surface area contributed by atoms with E-state index in [1.807, 2.05) is 30.3 Å². The molecule has 0 fully saturated rings. The van der Waals surface area contributed by atoms with Crippen LogP contribution >= 0.6 is 0 Å². The van der Waals surface area contributed by atoms with Gasteiger partial charge in [0.1, 0.15) is 5.75 Å². The van der Waals surface area contributed by atoms with Gasteiger partial charge in [0.15, 0.2) is 0 Å². The molecule has 0 aliphatic rings. The predicted octanol–water partition coefficient (Wildman–Crippen LogP) is 2.80. The number of para-hydroxylation sites is 1. The highest BCUT2D eigenvalue weighted by Crippen LogP contribution is 2.18. The van der Waals surface area contributed by atoms with E-state index >= 15 is 0 Å². The molecule has 5 nitrogen and oxygen atoms in total. The van der Waals surface area contributed by atoms with Crippen LogP contribution < -0.4 is 5.84 Å². The van der Waals surface area contributed by atoms with Crippen LogP contribution in [0.5, 0.6) is 5.75 Å². The van der Waals surface area contributed by atoms with Gasteiger partial charge in [-0.2, -0.15) is 5.10 Å². The number of nitrogens with zero attached hydrogens (tertiary/aromatic N) is 3. The molecule has 3 N–H and O–H groups in total. The van der Waals surface area contributed by atoms with Crippen molar-refractivity contribution in [3.8, 4) is 5.75 Å². The summed E-state index contributed by atoms with van der Waals surface area (Å²) in [6.07, 6.45) is 0. The molecule has 0 saturated heterocycles. The summed E-state index contributed by atoms with van der Waals surface area (Å²) >= 11 is 0. The molecule has 0 spiro atoms. The zero-order valence-corrected chi connectivity index (χ0v) is 9.56. The van der Waals surface area contributed by atoms with Crippen LogP contribution in [0.3, 0.4) is 0 Å². The Labute approximate surface area is 104 Å². The topological polar surface area (TPSA) is 83.3 Å². The van der Waals surface area contributed by atoms with Gasteiger partial charge in [-0.15, -0.1) is 10.2 Å². The second-order valence-corrected chi connectivity index (χ2v) is 3.51. The summed E-state index contributed by atoms with van der Waals surface area (Å²) in [5, 5.41) is 21.1. The van der Waals surface area contributed by atoms with Crippen LogP contribution in [0.25, 0.3) is 0 Å². The van der Waals surface area contributed by atoms with Crippen molar-refractivity contribution in [1.29, 1.82) is 0 Å². The molecule has 0 amide bonds. The molecule has 0 unspecified atom stereocenters. The van der Waals surface area contributed by atoms with Crippen LogP contribution in [0.15, 0.2) is 69.9 Å². The van der Waals surface area contributed by atoms with E-state index in [0.29, 0.717) is 11.3 Å². The monoisotopic (exact) mass is 240 g/mol. The van der Waals surface area contributed by atoms with Crippen molar-refractivity contribution in [2.45, 2.75) is 0 Å². The minimum absolute atomic E-state index is 0.0636. The fourth-order valence-corrected chi connectivity index (χ4v) is 1.41. The van der Waals surface area contributed by atoms with Crippen LogP contribution in [0, 0.1) is 0 Å². The van der Waals surface area contributed by atoms with Crippen LogP contribution in [0.4, 0.5) is 5.69 Å². The van der Waals surface area contributed by atoms with E-state index in [0.717, 1.165) is 0 Å². The van der Waals surface area contributed by atoms with Gasteiger partial charge in [0.05, 0.1) is 11.3 Å². The van der Waals surface area contributed by atoms with Gasteiger partial charge >= 0.3 is 0 Å². The van der Waals surface area contributed by atoms with Crippen molar-refractivity contribution in [2.24, 2.45) is 21.2 Å². The second kappa shape index (κ2) is 5.58. The van der Waals surface area contributed by atoms with Crippen LogP contribution in [-0.2, 0) is 0 Å². The van der Waals surface area contributed by atoms with Crippen LogP contribution in [0.1, 0.15) is 5.56 Å². The number of hydrazone groups is 1. The lowest BCUT2D eigenvalue weighted by molar-refractivity contribution is 0.474. The van der Waals surface area contributed by atoms with Crippen LogP contribution in [0.2, 0.25) is 0 Å². The number of hydrogen-bond donors (Lipinski definition) is 2. The molecule has 0 heterocycles. The molecule has 5 heteroatoms. The number of phenolic OH excluding ortho intramolecular Hbond substituents is 1. The minimum atomic E-state index is 0.0636. The number of rotatable bonds is 2. The van der Waals surface area contributed by atoms with Gasteiger partial charge in [-0.3, -0.25) is 0 Å². The fraction of sp³-hybridized carbons (Fsp3) is 0. The lowest BCUT2D eigenvalue weighted by Crippen LogP contribution is -2.00. The zero-order valence-electron chi connectivity index (χ0n) is 9.56. The number of amidine groups is 1. The molecular formula is C13H12N4O. The van der Waals surface area contributed by atoms with E-state index < -0.39 is 0 Å². The average molecular weight is 240 g/mol. The predicted molar refractivity (Wildman–Crippen MR) is 69.8 cm³/mol. The Balaban J connectivity index is 2.27. The van der Waals surface area contributed by atoms with E-state index in [-0.39, 0.29) is 11.6 Å². The molecule has 0 aromatic heterocycles. The Morgan fingerprint density at radius 1 is 0.944 bits per heavy atom. The first-order valence-electron chi connectivity index (χ1n) is 5.34. The molecule has 18 heavy (non-hydrogen) atoms. The maximum atomic E-state index is 9.67. The van der Waals surface area contributed by atoms with Gasteiger partial charge in [-0.25, -0.2) is 0 Å². The third kappa shape index (κ3) is 2.70. The van der Waals surface area contributed by atoms with Crippen molar-refractivity contribution in [3.63, 3.8) is 0 Å². The van der Waals surface area contributed by atoms with E-state index in [1.54, 1.807) is 24.3 Å². The molecular weight excluding hydrogens is 228 g/mol. The minimum Gasteiger partial charge on any atom is -0.507 e. The number of azo groups is 1. The van der Waals surface area contributed by atoms with E-state index in [2.05, 4.69) is 15.3 Å². The molecule has 0 radical (unpaired) electrons. The first kappa shape index (κ1) is 11.8. The number of nitrogens with two attached hydrogens (primary N) is 1. The Morgan fingerprint density at radius 3 is 2.28 bits per heavy atom. The molecule has 0 atom stereocenters. The lowest BCUT2D eigenvalue weighted by Gasteiger charge is -2.01. The summed E-state index contributed by atoms with van der Waals surface area (Å²) in [6, 6.07) is 15.9. The van der Waals surface area contributed by atoms with Gasteiger partial charge in [-0.1, -0.05) is 30.3 Å². The number of phenols is 1. The molecule has 0 saturated carbocycles. The average Bonchev–Trinajstić information content (AvgIpc) is 2.42. The van der Waals surface area contributed by atoms with Gasteiger partial charge in [-0.05, 0) is 24.3 Å². The first-order valence-corrected chi connectivity index (χ1v) is 5.34. The number of hydrogen-bond acceptors (Lipinski definition) is 4. The summed E-state index contributed by atoms with van der Waals surface area (Å²) in [4.78, 5) is 0. The maximum absolute atomic E-state index is 9.67. The summed E-state index contributed by atoms with van der Waals surface area (Å²) in [7, 11) is 0. The zero-order chi connectivity index (χ0) is 12.8. The fourth-order valence-electron chi connectivity index (χ4n) is 1.41. The van der Waals surface area contributed by atoms with Crippen molar-refractivity contribution < 1.29 is 5.11 Å². The summed E-state index contributed by atoms with van der Waals surface area (Å²) in [6.45, 7) is 0. The molecule has 90 valence electrons. The molecule has 2 aromatic rings. The smallest absolute Gasteiger partial charge is 0.204 e. The molecule has 2 rings (SSSR count). The summed E-state index contributed by atoms with van der Waals surface area (Å²) in [5.74, 6) is 5.50. The SMILES string of the molecule is N/N=C(\N=Nc1ccccc1)c1ccccc1O. The van der Waals surface area contributed by atoms with Crippen molar-refractivity contribution >= 4 is 11.5 Å². The summed E-state index contributed by atoms with van der Waals surface area (Å²) in [5.41, 5.74) is 1.13. The summed E-state index contributed by atoms with van der Waals surface area (Å²) < 4.78 is 0. The van der Waals surface area contributed by atoms with Crippen molar-refractivity contribution in [2.75, 3.05) is 0 Å². The van der Waals surface area contributed by atoms with Gasteiger partial charge in [0, 0.05) is 0 Å². The molecule has 0 aliphatic heterocycles. The Bertz CT molecular complexity index is 579. The Hall–Kier alpha value is -2.69. The molecule has 0 bridgehead atoms. The normalized spacial score (nSPS) is 11.9. The Morgan fingerprint density at radius 2 is 1.61 bits per heavy atom. The lowest BCUT2D eigenvalue weighted by atomic mass is 10.2. The van der Waals surface area contributed by atoms with Crippen molar-refractivity contribution in [1.82, 2.24) is 0 Å². The largest absolute Gasteiger partial charge is 0.507 e. The quantitative estimate of drug-likeness (QED) is 0.278. The van der Waals surface area contributed by atoms with E-state index in [4.69, 9.17) is 5.84 Å². The number of benzene rings is 2. The van der Waals surface area contributed by atoms with Crippen molar-refractivity contribution in [3.05, 3.63) is 60.2 Å². The molecule has 0 aliphatic carbocycles. The Kier molecular flexibility index (Phi) is 3.66. The van der Waals surface area contributed by atoms with Gasteiger partial charge in [0.2, 0.25) is 5.84 Å². The van der Waals surface area contributed by atoms with Crippen LogP contribution in [-0.4, -0.2) is 10.9 Å². The highest BCUT2D eigenvalue weighted by atomic mass is 16.3. The maximum Gasteiger partial charge on any atom is 0.204 e. The first-order chi connectivity index (χ1) is 8.81. The van der Waals surface area contributed by atoms with Gasteiger partial charge in [0.25, 0.3) is 0 Å². The third-order valence-corrected chi connectivity index (χ3v) is 2.28. The standard InChI is InChI=1S/C13H12N4O/c14-15-13(11-8-4-5-9-12(11)18)17-16-10-6-2-1-3-7-10/h1-9,18H,14H2/b15-13-,17-16?. The number of aromatic hydroxyl groups is 1. The van der Waals surface area contributed by atoms with E-state index in [9.17, 15) is 5.11 Å².